The van der Waals surface area contributed by atoms with Crippen LogP contribution in [0.25, 0.3) is 5.69 Å². The fraction of sp³-hybridized carbons (Fsp3) is 0.400. The van der Waals surface area contributed by atoms with Crippen molar-refractivity contribution in [3.8, 4) is 5.69 Å². The maximum atomic E-state index is 13.9. The molecule has 0 radical (unpaired) electrons. The molecule has 108 valence electrons. The van der Waals surface area contributed by atoms with Gasteiger partial charge in [-0.3, -0.25) is 0 Å². The molecule has 1 unspecified atom stereocenters. The van der Waals surface area contributed by atoms with Gasteiger partial charge in [0.15, 0.2) is 5.82 Å². The van der Waals surface area contributed by atoms with Crippen LogP contribution in [0.2, 0.25) is 0 Å². The quantitative estimate of drug-likeness (QED) is 0.935. The molecule has 20 heavy (non-hydrogen) atoms. The van der Waals surface area contributed by atoms with Gasteiger partial charge in [-0.05, 0) is 50.4 Å². The molecule has 3 nitrogen and oxygen atoms in total. The van der Waals surface area contributed by atoms with Crippen LogP contribution in [0.3, 0.4) is 0 Å². The maximum Gasteiger partial charge on any atom is 0.151 e. The third-order valence-corrected chi connectivity index (χ3v) is 3.53. The number of hydrogen-bond acceptors (Lipinski definition) is 2. The minimum absolute atomic E-state index is 0.263. The van der Waals surface area contributed by atoms with E-state index in [-0.39, 0.29) is 5.69 Å². The van der Waals surface area contributed by atoms with Gasteiger partial charge < -0.3 is 5.73 Å². The lowest BCUT2D eigenvalue weighted by molar-refractivity contribution is 0.571. The van der Waals surface area contributed by atoms with Crippen molar-refractivity contribution in [2.45, 2.75) is 27.2 Å². The summed E-state index contributed by atoms with van der Waals surface area (Å²) in [4.78, 5) is 0. The molecule has 0 fully saturated rings. The standard InChI is InChI=1S/C15H19F2N3/c1-9(8-18)6-13-10(2)19-20(11(13)3)15-5-4-12(16)7-14(15)17/h4-5,7,9H,6,8,18H2,1-3H3. The number of aryl methyl sites for hydroxylation is 1. The highest BCUT2D eigenvalue weighted by atomic mass is 19.1. The van der Waals surface area contributed by atoms with E-state index in [9.17, 15) is 8.78 Å². The molecule has 1 aromatic heterocycles. The molecule has 2 aromatic rings. The van der Waals surface area contributed by atoms with E-state index in [1.54, 1.807) is 0 Å². The number of aromatic nitrogens is 2. The second-order valence-electron chi connectivity index (χ2n) is 5.20. The van der Waals surface area contributed by atoms with Crippen molar-refractivity contribution >= 4 is 0 Å². The maximum absolute atomic E-state index is 13.9. The Morgan fingerprint density at radius 1 is 1.30 bits per heavy atom. The largest absolute Gasteiger partial charge is 0.330 e. The second-order valence-corrected chi connectivity index (χ2v) is 5.20. The van der Waals surface area contributed by atoms with Gasteiger partial charge in [0, 0.05) is 11.8 Å². The SMILES string of the molecule is Cc1nn(-c2ccc(F)cc2F)c(C)c1CC(C)CN. The van der Waals surface area contributed by atoms with Crippen molar-refractivity contribution in [1.82, 2.24) is 9.78 Å². The van der Waals surface area contributed by atoms with Crippen molar-refractivity contribution < 1.29 is 8.78 Å². The summed E-state index contributed by atoms with van der Waals surface area (Å²) >= 11 is 0. The summed E-state index contributed by atoms with van der Waals surface area (Å²) in [7, 11) is 0. The lowest BCUT2D eigenvalue weighted by Crippen LogP contribution is -2.14. The predicted molar refractivity (Wildman–Crippen MR) is 74.9 cm³/mol. The molecule has 5 heteroatoms. The molecular formula is C15H19F2N3. The highest BCUT2D eigenvalue weighted by Crippen LogP contribution is 2.22. The van der Waals surface area contributed by atoms with Crippen molar-refractivity contribution in [2.75, 3.05) is 6.54 Å². The highest BCUT2D eigenvalue weighted by Gasteiger charge is 2.17. The lowest BCUT2D eigenvalue weighted by atomic mass is 10.00. The Kier molecular flexibility index (Phi) is 4.18. The molecule has 1 heterocycles. The molecule has 0 aliphatic carbocycles. The summed E-state index contributed by atoms with van der Waals surface area (Å²) in [6.07, 6.45) is 0.803. The minimum atomic E-state index is -0.617. The molecule has 0 amide bonds. The van der Waals surface area contributed by atoms with Crippen LogP contribution in [0.15, 0.2) is 18.2 Å². The van der Waals surface area contributed by atoms with E-state index in [0.717, 1.165) is 29.4 Å². The fourth-order valence-corrected chi connectivity index (χ4v) is 2.29. The molecule has 1 aromatic carbocycles. The van der Waals surface area contributed by atoms with Gasteiger partial charge in [0.2, 0.25) is 0 Å². The minimum Gasteiger partial charge on any atom is -0.330 e. The molecule has 0 saturated heterocycles. The zero-order valence-electron chi connectivity index (χ0n) is 12.0. The zero-order valence-corrected chi connectivity index (χ0v) is 12.0. The third-order valence-electron chi connectivity index (χ3n) is 3.53. The van der Waals surface area contributed by atoms with Crippen molar-refractivity contribution in [3.05, 3.63) is 46.8 Å². The first-order valence-electron chi connectivity index (χ1n) is 6.64. The highest BCUT2D eigenvalue weighted by molar-refractivity contribution is 5.38. The Morgan fingerprint density at radius 2 is 2.00 bits per heavy atom. The molecule has 1 atom stereocenters. The van der Waals surface area contributed by atoms with Gasteiger partial charge >= 0.3 is 0 Å². The lowest BCUT2D eigenvalue weighted by Gasteiger charge is -2.09. The van der Waals surface area contributed by atoms with E-state index in [0.29, 0.717) is 12.5 Å². The molecule has 0 aliphatic rings. The smallest absolute Gasteiger partial charge is 0.151 e. The Labute approximate surface area is 117 Å². The first kappa shape index (κ1) is 14.7. The van der Waals surface area contributed by atoms with Crippen LogP contribution >= 0.6 is 0 Å². The zero-order chi connectivity index (χ0) is 14.9. The van der Waals surface area contributed by atoms with Gasteiger partial charge in [-0.15, -0.1) is 0 Å². The summed E-state index contributed by atoms with van der Waals surface area (Å²) in [5, 5.41) is 4.37. The predicted octanol–water partition coefficient (Wildman–Crippen LogP) is 2.90. The second kappa shape index (κ2) is 5.71. The first-order valence-corrected chi connectivity index (χ1v) is 6.64. The van der Waals surface area contributed by atoms with Gasteiger partial charge in [0.05, 0.1) is 5.69 Å². The molecule has 0 aliphatic heterocycles. The summed E-state index contributed by atoms with van der Waals surface area (Å²) < 4.78 is 28.4. The third kappa shape index (κ3) is 2.72. The van der Waals surface area contributed by atoms with Gasteiger partial charge in [-0.25, -0.2) is 13.5 Å². The molecule has 2 rings (SSSR count). The number of halogens is 2. The Balaban J connectivity index is 2.46. The van der Waals surface area contributed by atoms with E-state index in [2.05, 4.69) is 12.0 Å². The van der Waals surface area contributed by atoms with E-state index in [1.807, 2.05) is 13.8 Å². The van der Waals surface area contributed by atoms with E-state index in [4.69, 9.17) is 5.73 Å². The van der Waals surface area contributed by atoms with Crippen molar-refractivity contribution in [2.24, 2.45) is 11.7 Å². The Morgan fingerprint density at radius 3 is 2.60 bits per heavy atom. The number of hydrogen-bond donors (Lipinski definition) is 1. The number of rotatable bonds is 4. The van der Waals surface area contributed by atoms with Gasteiger partial charge in [0.25, 0.3) is 0 Å². The van der Waals surface area contributed by atoms with Crippen molar-refractivity contribution in [3.63, 3.8) is 0 Å². The van der Waals surface area contributed by atoms with Gasteiger partial charge in [-0.1, -0.05) is 6.92 Å². The summed E-state index contributed by atoms with van der Waals surface area (Å²) in [5.74, 6) is -0.873. The number of nitrogens with zero attached hydrogens (tertiary/aromatic N) is 2. The number of nitrogens with two attached hydrogens (primary N) is 1. The fourth-order valence-electron chi connectivity index (χ4n) is 2.29. The van der Waals surface area contributed by atoms with Gasteiger partial charge in [-0.2, -0.15) is 5.10 Å². The van der Waals surface area contributed by atoms with Crippen LogP contribution in [0.4, 0.5) is 8.78 Å². The van der Waals surface area contributed by atoms with Crippen molar-refractivity contribution in [1.29, 1.82) is 0 Å². The monoisotopic (exact) mass is 279 g/mol. The molecule has 2 N–H and O–H groups in total. The topological polar surface area (TPSA) is 43.8 Å². The van der Waals surface area contributed by atoms with E-state index in [1.165, 1.54) is 16.8 Å². The molecule has 0 spiro atoms. The summed E-state index contributed by atoms with van der Waals surface area (Å²) in [6.45, 7) is 6.44. The summed E-state index contributed by atoms with van der Waals surface area (Å²) in [6, 6.07) is 3.51. The normalized spacial score (nSPS) is 12.7. The van der Waals surface area contributed by atoms with Crippen LogP contribution in [0.5, 0.6) is 0 Å². The van der Waals surface area contributed by atoms with Crippen LogP contribution in [-0.4, -0.2) is 16.3 Å². The summed E-state index contributed by atoms with van der Waals surface area (Å²) in [5.41, 5.74) is 8.71. The van der Waals surface area contributed by atoms with Gasteiger partial charge in [0.1, 0.15) is 11.5 Å². The average molecular weight is 279 g/mol. The van der Waals surface area contributed by atoms with Crippen LogP contribution in [0.1, 0.15) is 23.9 Å². The number of benzene rings is 1. The Hall–Kier alpha value is -1.75. The van der Waals surface area contributed by atoms with Crippen LogP contribution in [0, 0.1) is 31.4 Å². The van der Waals surface area contributed by atoms with E-state index < -0.39 is 11.6 Å². The Bertz CT molecular complexity index is 620. The van der Waals surface area contributed by atoms with E-state index >= 15 is 0 Å². The molecular weight excluding hydrogens is 260 g/mol. The average Bonchev–Trinajstić information content (AvgIpc) is 2.66. The molecule has 0 bridgehead atoms. The molecule has 0 saturated carbocycles. The first-order chi connectivity index (χ1) is 9.43. The van der Waals surface area contributed by atoms with Crippen LogP contribution < -0.4 is 5.73 Å². The van der Waals surface area contributed by atoms with Crippen LogP contribution in [-0.2, 0) is 6.42 Å².